The highest BCUT2D eigenvalue weighted by atomic mass is 32.1. The van der Waals surface area contributed by atoms with Crippen LogP contribution in [0.1, 0.15) is 26.1 Å². The lowest BCUT2D eigenvalue weighted by atomic mass is 9.89. The Hall–Kier alpha value is -0.900. The minimum Gasteiger partial charge on any atom is -0.393 e. The molecule has 78 valence electrons. The average Bonchev–Trinajstić information content (AvgIpc) is 2.47. The molecule has 0 saturated heterocycles. The number of hydrogen-bond acceptors (Lipinski definition) is 2. The van der Waals surface area contributed by atoms with Crippen molar-refractivity contribution in [2.24, 2.45) is 11.1 Å². The molecule has 0 aliphatic carbocycles. The van der Waals surface area contributed by atoms with Gasteiger partial charge in [-0.25, -0.2) is 4.98 Å². The Kier molecular flexibility index (Phi) is 3.26. The van der Waals surface area contributed by atoms with E-state index in [2.05, 4.69) is 23.4 Å². The van der Waals surface area contributed by atoms with E-state index in [0.29, 0.717) is 4.99 Å². The number of nitrogens with zero attached hydrogens (tertiary/aromatic N) is 2. The maximum absolute atomic E-state index is 5.65. The lowest BCUT2D eigenvalue weighted by Gasteiger charge is -2.23. The van der Waals surface area contributed by atoms with Crippen molar-refractivity contribution < 1.29 is 0 Å². The summed E-state index contributed by atoms with van der Waals surface area (Å²) in [4.78, 5) is 4.74. The Morgan fingerprint density at radius 3 is 2.71 bits per heavy atom. The Morgan fingerprint density at radius 2 is 2.29 bits per heavy atom. The van der Waals surface area contributed by atoms with Crippen LogP contribution in [0.3, 0.4) is 0 Å². The minimum absolute atomic E-state index is 0.0773. The van der Waals surface area contributed by atoms with E-state index in [1.807, 2.05) is 19.3 Å². The van der Waals surface area contributed by atoms with E-state index in [9.17, 15) is 0 Å². The molecular weight excluding hydrogens is 194 g/mol. The maximum atomic E-state index is 5.65. The lowest BCUT2D eigenvalue weighted by molar-refractivity contribution is 0.431. The molecule has 4 heteroatoms. The van der Waals surface area contributed by atoms with E-state index < -0.39 is 0 Å². The number of aromatic nitrogens is 2. The number of thiocarbonyl (C=S) groups is 1. The van der Waals surface area contributed by atoms with Crippen LogP contribution < -0.4 is 5.73 Å². The van der Waals surface area contributed by atoms with Crippen LogP contribution in [0.5, 0.6) is 0 Å². The van der Waals surface area contributed by atoms with Gasteiger partial charge in [0.05, 0.1) is 4.99 Å². The maximum Gasteiger partial charge on any atom is 0.105 e. The highest BCUT2D eigenvalue weighted by Gasteiger charge is 2.20. The second-order valence-corrected chi connectivity index (χ2v) is 4.61. The van der Waals surface area contributed by atoms with Gasteiger partial charge in [-0.1, -0.05) is 26.1 Å². The fourth-order valence-electron chi connectivity index (χ4n) is 1.16. The van der Waals surface area contributed by atoms with Gasteiger partial charge in [0.1, 0.15) is 5.82 Å². The molecule has 0 aromatic carbocycles. The first-order valence-corrected chi connectivity index (χ1v) is 5.12. The van der Waals surface area contributed by atoms with Crippen molar-refractivity contribution in [2.45, 2.75) is 33.7 Å². The molecular formula is C10H17N3S. The van der Waals surface area contributed by atoms with Gasteiger partial charge in [0.25, 0.3) is 0 Å². The predicted octanol–water partition coefficient (Wildman–Crippen LogP) is 1.89. The van der Waals surface area contributed by atoms with E-state index in [-0.39, 0.29) is 5.41 Å². The smallest absolute Gasteiger partial charge is 0.105 e. The quantitative estimate of drug-likeness (QED) is 0.773. The normalized spacial score (nSPS) is 11.6. The highest BCUT2D eigenvalue weighted by Crippen LogP contribution is 2.21. The van der Waals surface area contributed by atoms with Crippen molar-refractivity contribution >= 4 is 17.2 Å². The van der Waals surface area contributed by atoms with Crippen molar-refractivity contribution in [3.63, 3.8) is 0 Å². The lowest BCUT2D eigenvalue weighted by Crippen LogP contribution is -2.30. The fourth-order valence-corrected chi connectivity index (χ4v) is 1.27. The number of nitrogens with two attached hydrogens (primary N) is 1. The van der Waals surface area contributed by atoms with Gasteiger partial charge >= 0.3 is 0 Å². The van der Waals surface area contributed by atoms with E-state index in [4.69, 9.17) is 18.0 Å². The van der Waals surface area contributed by atoms with E-state index in [0.717, 1.165) is 18.8 Å². The van der Waals surface area contributed by atoms with Gasteiger partial charge in [-0.3, -0.25) is 0 Å². The third-order valence-corrected chi connectivity index (χ3v) is 3.12. The predicted molar refractivity (Wildman–Crippen MR) is 62.1 cm³/mol. The first-order valence-electron chi connectivity index (χ1n) is 4.71. The van der Waals surface area contributed by atoms with Crippen LogP contribution >= 0.6 is 12.2 Å². The summed E-state index contributed by atoms with van der Waals surface area (Å²) in [7, 11) is 0. The van der Waals surface area contributed by atoms with Gasteiger partial charge in [0.2, 0.25) is 0 Å². The van der Waals surface area contributed by atoms with Crippen molar-refractivity contribution in [2.75, 3.05) is 0 Å². The van der Waals surface area contributed by atoms with Gasteiger partial charge in [0, 0.05) is 24.4 Å². The molecule has 0 spiro atoms. The van der Waals surface area contributed by atoms with Crippen LogP contribution in [0.25, 0.3) is 0 Å². The SMILES string of the molecule is Cc1nccn1CCC(C)(C)C(N)=S. The van der Waals surface area contributed by atoms with Crippen molar-refractivity contribution in [1.82, 2.24) is 9.55 Å². The molecule has 0 unspecified atom stereocenters. The number of hydrogen-bond donors (Lipinski definition) is 1. The minimum atomic E-state index is -0.0773. The topological polar surface area (TPSA) is 43.8 Å². The first-order chi connectivity index (χ1) is 6.43. The summed E-state index contributed by atoms with van der Waals surface area (Å²) < 4.78 is 2.11. The molecule has 14 heavy (non-hydrogen) atoms. The largest absolute Gasteiger partial charge is 0.393 e. The molecule has 1 heterocycles. The van der Waals surface area contributed by atoms with E-state index >= 15 is 0 Å². The van der Waals surface area contributed by atoms with Crippen molar-refractivity contribution in [3.05, 3.63) is 18.2 Å². The third kappa shape index (κ3) is 2.54. The van der Waals surface area contributed by atoms with Crippen LogP contribution in [0.4, 0.5) is 0 Å². The molecule has 0 atom stereocenters. The van der Waals surface area contributed by atoms with E-state index in [1.54, 1.807) is 0 Å². The van der Waals surface area contributed by atoms with Gasteiger partial charge in [-0.15, -0.1) is 0 Å². The Bertz CT molecular complexity index is 328. The summed E-state index contributed by atoms with van der Waals surface area (Å²) in [5.41, 5.74) is 5.58. The number of aryl methyl sites for hydroxylation is 2. The Labute approximate surface area is 90.3 Å². The summed E-state index contributed by atoms with van der Waals surface area (Å²) >= 11 is 5.01. The molecule has 0 radical (unpaired) electrons. The number of rotatable bonds is 4. The zero-order valence-electron chi connectivity index (χ0n) is 8.95. The summed E-state index contributed by atoms with van der Waals surface area (Å²) in [6, 6.07) is 0. The first kappa shape index (κ1) is 11.2. The number of imidazole rings is 1. The molecule has 1 aromatic rings. The van der Waals surface area contributed by atoms with Crippen LogP contribution in [0.15, 0.2) is 12.4 Å². The molecule has 3 nitrogen and oxygen atoms in total. The van der Waals surface area contributed by atoms with Crippen molar-refractivity contribution in [3.8, 4) is 0 Å². The van der Waals surface area contributed by atoms with E-state index in [1.165, 1.54) is 0 Å². The molecule has 2 N–H and O–H groups in total. The van der Waals surface area contributed by atoms with Gasteiger partial charge < -0.3 is 10.3 Å². The molecule has 0 bridgehead atoms. The second kappa shape index (κ2) is 4.09. The summed E-state index contributed by atoms with van der Waals surface area (Å²) in [6.07, 6.45) is 4.73. The van der Waals surface area contributed by atoms with Crippen LogP contribution in [-0.2, 0) is 6.54 Å². The third-order valence-electron chi connectivity index (χ3n) is 2.57. The highest BCUT2D eigenvalue weighted by molar-refractivity contribution is 7.80. The summed E-state index contributed by atoms with van der Waals surface area (Å²) in [5.74, 6) is 1.03. The zero-order chi connectivity index (χ0) is 10.8. The van der Waals surface area contributed by atoms with Gasteiger partial charge in [0.15, 0.2) is 0 Å². The fraction of sp³-hybridized carbons (Fsp3) is 0.600. The monoisotopic (exact) mass is 211 g/mol. The average molecular weight is 211 g/mol. The van der Waals surface area contributed by atoms with Crippen LogP contribution in [-0.4, -0.2) is 14.5 Å². The Morgan fingerprint density at radius 1 is 1.64 bits per heavy atom. The van der Waals surface area contributed by atoms with Crippen LogP contribution in [0.2, 0.25) is 0 Å². The standard InChI is InChI=1S/C10H17N3S/c1-8-12-5-7-13(8)6-4-10(2,3)9(11)14/h5,7H,4,6H2,1-3H3,(H2,11,14). The molecule has 0 amide bonds. The molecule has 0 aliphatic rings. The molecule has 0 fully saturated rings. The summed E-state index contributed by atoms with van der Waals surface area (Å²) in [5, 5.41) is 0. The molecule has 1 aromatic heterocycles. The van der Waals surface area contributed by atoms with Crippen LogP contribution in [0, 0.1) is 12.3 Å². The summed E-state index contributed by atoms with van der Waals surface area (Å²) in [6.45, 7) is 7.05. The Balaban J connectivity index is 2.57. The second-order valence-electron chi connectivity index (χ2n) is 4.17. The molecule has 0 saturated carbocycles. The van der Waals surface area contributed by atoms with Crippen molar-refractivity contribution in [1.29, 1.82) is 0 Å². The zero-order valence-corrected chi connectivity index (χ0v) is 9.77. The molecule has 0 aliphatic heterocycles. The van der Waals surface area contributed by atoms with Gasteiger partial charge in [-0.05, 0) is 13.3 Å². The van der Waals surface area contributed by atoms with Gasteiger partial charge in [-0.2, -0.15) is 0 Å². The molecule has 1 rings (SSSR count).